The number of ether oxygens (including phenoxy) is 2. The third kappa shape index (κ3) is 4.53. The maximum absolute atomic E-state index is 13.9. The summed E-state index contributed by atoms with van der Waals surface area (Å²) in [6.45, 7) is 11.0. The van der Waals surface area contributed by atoms with E-state index in [1.165, 1.54) is 0 Å². The molecule has 0 bridgehead atoms. The van der Waals surface area contributed by atoms with E-state index in [9.17, 15) is 9.59 Å². The highest BCUT2D eigenvalue weighted by molar-refractivity contribution is 6.00. The predicted molar refractivity (Wildman–Crippen MR) is 149 cm³/mol. The molecule has 1 atom stereocenters. The zero-order chi connectivity index (χ0) is 27.4. The van der Waals surface area contributed by atoms with E-state index in [2.05, 4.69) is 44.8 Å². The second kappa shape index (κ2) is 10.1. The first kappa shape index (κ1) is 26.8. The fourth-order valence-corrected chi connectivity index (χ4v) is 6.86. The number of fused-ring (bicyclic) bond motifs is 2. The smallest absolute Gasteiger partial charge is 0.254 e. The van der Waals surface area contributed by atoms with Crippen molar-refractivity contribution in [1.82, 2.24) is 14.8 Å². The first-order valence-corrected chi connectivity index (χ1v) is 14.3. The minimum Gasteiger partial charge on any atom is -0.448 e. The van der Waals surface area contributed by atoms with Gasteiger partial charge in [-0.3, -0.25) is 9.59 Å². The van der Waals surface area contributed by atoms with Gasteiger partial charge in [0.05, 0.1) is 6.54 Å². The third-order valence-corrected chi connectivity index (χ3v) is 9.16. The van der Waals surface area contributed by atoms with Gasteiger partial charge in [-0.05, 0) is 96.1 Å². The van der Waals surface area contributed by atoms with Crippen LogP contribution in [0.3, 0.4) is 0 Å². The summed E-state index contributed by atoms with van der Waals surface area (Å²) in [5.74, 6) is 1.08. The number of H-pyrrole nitrogens is 1. The molecule has 1 aromatic heterocycles. The van der Waals surface area contributed by atoms with Gasteiger partial charge < -0.3 is 24.3 Å². The lowest BCUT2D eigenvalue weighted by Crippen LogP contribution is -2.46. The van der Waals surface area contributed by atoms with Crippen molar-refractivity contribution in [1.29, 1.82) is 0 Å². The van der Waals surface area contributed by atoms with Crippen LogP contribution in [0.15, 0.2) is 10.9 Å². The van der Waals surface area contributed by atoms with Crippen LogP contribution in [-0.4, -0.2) is 53.2 Å². The normalized spacial score (nSPS) is 24.7. The van der Waals surface area contributed by atoms with Crippen LogP contribution in [0.4, 0.5) is 0 Å². The highest BCUT2D eigenvalue weighted by Gasteiger charge is 2.48. The minimum absolute atomic E-state index is 0.0271. The van der Waals surface area contributed by atoms with Crippen molar-refractivity contribution in [3.05, 3.63) is 55.5 Å². The molecule has 2 aromatic rings. The van der Waals surface area contributed by atoms with Gasteiger partial charge in [0.2, 0.25) is 0 Å². The Morgan fingerprint density at radius 1 is 1.05 bits per heavy atom. The lowest BCUT2D eigenvalue weighted by atomic mass is 9.81. The summed E-state index contributed by atoms with van der Waals surface area (Å²) in [5, 5.41) is 0. The summed E-state index contributed by atoms with van der Waals surface area (Å²) in [7, 11) is 4.31. The predicted octanol–water partition coefficient (Wildman–Crippen LogP) is 5.06. The van der Waals surface area contributed by atoms with E-state index < -0.39 is 5.79 Å². The van der Waals surface area contributed by atoms with Gasteiger partial charge in [0.25, 0.3) is 17.3 Å². The first-order chi connectivity index (χ1) is 18.0. The Morgan fingerprint density at radius 3 is 2.34 bits per heavy atom. The highest BCUT2D eigenvalue weighted by Crippen LogP contribution is 2.52. The van der Waals surface area contributed by atoms with E-state index in [1.54, 1.807) is 0 Å². The largest absolute Gasteiger partial charge is 0.448 e. The van der Waals surface area contributed by atoms with Crippen LogP contribution in [0.25, 0.3) is 0 Å². The SMILES string of the molecule is CCCc1cc(C)[nH]c(=O)c1CN1CCc2c(C)c3c(c(C)c2C1=O)OC(C)(C1CCC(N(C)C)CC1)O3. The van der Waals surface area contributed by atoms with Gasteiger partial charge in [0, 0.05) is 47.8 Å². The van der Waals surface area contributed by atoms with Crippen molar-refractivity contribution in [2.45, 2.75) is 97.9 Å². The monoisotopic (exact) mass is 521 g/mol. The molecule has 1 N–H and O–H groups in total. The van der Waals surface area contributed by atoms with Crippen LogP contribution in [0.2, 0.25) is 0 Å². The molecular formula is C31H43N3O4. The summed E-state index contributed by atoms with van der Waals surface area (Å²) < 4.78 is 13.3. The number of amides is 1. The third-order valence-electron chi connectivity index (χ3n) is 9.16. The number of nitrogens with one attached hydrogen (secondary N) is 1. The Balaban J connectivity index is 1.43. The zero-order valence-corrected chi connectivity index (χ0v) is 24.1. The lowest BCUT2D eigenvalue weighted by Gasteiger charge is -2.39. The van der Waals surface area contributed by atoms with Crippen molar-refractivity contribution in [2.75, 3.05) is 20.6 Å². The molecule has 7 heteroatoms. The average Bonchev–Trinajstić information content (AvgIpc) is 3.25. The van der Waals surface area contributed by atoms with Gasteiger partial charge in [0.15, 0.2) is 11.5 Å². The summed E-state index contributed by atoms with van der Waals surface area (Å²) in [4.78, 5) is 33.9. The summed E-state index contributed by atoms with van der Waals surface area (Å²) in [6.07, 6.45) is 6.90. The van der Waals surface area contributed by atoms with E-state index in [0.717, 1.165) is 84.2 Å². The van der Waals surface area contributed by atoms with Gasteiger partial charge in [-0.1, -0.05) is 13.3 Å². The molecule has 1 fully saturated rings. The molecule has 1 saturated carbocycles. The number of hydrogen-bond donors (Lipinski definition) is 1. The van der Waals surface area contributed by atoms with E-state index >= 15 is 0 Å². The number of benzene rings is 1. The van der Waals surface area contributed by atoms with Crippen LogP contribution < -0.4 is 15.0 Å². The number of aromatic nitrogens is 1. The summed E-state index contributed by atoms with van der Waals surface area (Å²) in [5.41, 5.74) is 6.14. The quantitative estimate of drug-likeness (QED) is 0.575. The van der Waals surface area contributed by atoms with E-state index in [0.29, 0.717) is 36.4 Å². The molecule has 1 unspecified atom stereocenters. The number of hydrogen-bond acceptors (Lipinski definition) is 5. The Morgan fingerprint density at radius 2 is 1.71 bits per heavy atom. The van der Waals surface area contributed by atoms with Gasteiger partial charge in [-0.15, -0.1) is 0 Å². The molecule has 7 nitrogen and oxygen atoms in total. The van der Waals surface area contributed by atoms with Gasteiger partial charge in [0.1, 0.15) is 0 Å². The molecule has 2 aliphatic heterocycles. The fraction of sp³-hybridized carbons (Fsp3) is 0.613. The van der Waals surface area contributed by atoms with Gasteiger partial charge in [-0.25, -0.2) is 0 Å². The molecule has 3 heterocycles. The number of aromatic amines is 1. The number of rotatable bonds is 6. The molecule has 1 amide bonds. The minimum atomic E-state index is -0.716. The fourth-order valence-electron chi connectivity index (χ4n) is 6.86. The number of carbonyl (C=O) groups excluding carboxylic acids is 1. The van der Waals surface area contributed by atoms with Crippen molar-refractivity contribution in [3.63, 3.8) is 0 Å². The molecule has 0 spiro atoms. The van der Waals surface area contributed by atoms with E-state index in [1.807, 2.05) is 24.8 Å². The van der Waals surface area contributed by atoms with Crippen LogP contribution in [0.1, 0.15) is 89.8 Å². The molecule has 206 valence electrons. The molecule has 1 aromatic carbocycles. The van der Waals surface area contributed by atoms with Crippen molar-refractivity contribution < 1.29 is 14.3 Å². The zero-order valence-electron chi connectivity index (χ0n) is 24.1. The van der Waals surface area contributed by atoms with Gasteiger partial charge >= 0.3 is 0 Å². The molecule has 3 aliphatic rings. The number of nitrogens with zero attached hydrogens (tertiary/aromatic N) is 2. The maximum atomic E-state index is 13.9. The maximum Gasteiger partial charge on any atom is 0.254 e. The van der Waals surface area contributed by atoms with Crippen molar-refractivity contribution >= 4 is 5.91 Å². The molecule has 0 saturated heterocycles. The van der Waals surface area contributed by atoms with Crippen molar-refractivity contribution in [3.8, 4) is 11.5 Å². The topological polar surface area (TPSA) is 74.9 Å². The highest BCUT2D eigenvalue weighted by atomic mass is 16.7. The van der Waals surface area contributed by atoms with Crippen LogP contribution in [-0.2, 0) is 19.4 Å². The lowest BCUT2D eigenvalue weighted by molar-refractivity contribution is -0.123. The van der Waals surface area contributed by atoms with Crippen LogP contribution in [0.5, 0.6) is 11.5 Å². The second-order valence-electron chi connectivity index (χ2n) is 12.0. The molecule has 1 aliphatic carbocycles. The second-order valence-corrected chi connectivity index (χ2v) is 12.0. The Hall–Kier alpha value is -2.80. The molecule has 38 heavy (non-hydrogen) atoms. The van der Waals surface area contributed by atoms with Crippen LogP contribution in [0, 0.1) is 26.7 Å². The Labute approximate surface area is 226 Å². The van der Waals surface area contributed by atoms with Crippen molar-refractivity contribution in [2.24, 2.45) is 5.92 Å². The number of carbonyl (C=O) groups is 1. The number of pyridine rings is 1. The standard InChI is InChI=1S/C31H43N3O4/c1-8-9-21-16-18(2)32-29(35)25(21)17-34-15-14-24-19(3)27-28(20(4)26(24)30(34)36)38-31(5,37-27)22-10-12-23(13-11-22)33(6)7/h16,22-23H,8-15,17H2,1-7H3,(H,32,35). The summed E-state index contributed by atoms with van der Waals surface area (Å²) in [6, 6.07) is 2.65. The van der Waals surface area contributed by atoms with Crippen LogP contribution >= 0.6 is 0 Å². The first-order valence-electron chi connectivity index (χ1n) is 14.3. The summed E-state index contributed by atoms with van der Waals surface area (Å²) >= 11 is 0. The molecule has 0 radical (unpaired) electrons. The van der Waals surface area contributed by atoms with E-state index in [4.69, 9.17) is 9.47 Å². The average molecular weight is 522 g/mol. The molecule has 5 rings (SSSR count). The number of aryl methyl sites for hydroxylation is 2. The molecular weight excluding hydrogens is 478 g/mol. The Bertz CT molecular complexity index is 1310. The van der Waals surface area contributed by atoms with E-state index in [-0.39, 0.29) is 11.5 Å². The van der Waals surface area contributed by atoms with Gasteiger partial charge in [-0.2, -0.15) is 0 Å². The Kier molecular flexibility index (Phi) is 7.10.